The van der Waals surface area contributed by atoms with Gasteiger partial charge in [-0.3, -0.25) is 4.98 Å². The van der Waals surface area contributed by atoms with Gasteiger partial charge in [-0.1, -0.05) is 48.5 Å². The van der Waals surface area contributed by atoms with Crippen LogP contribution in [0.25, 0.3) is 22.3 Å². The van der Waals surface area contributed by atoms with Gasteiger partial charge in [0.1, 0.15) is 5.75 Å². The Bertz CT molecular complexity index is 1020. The van der Waals surface area contributed by atoms with E-state index in [2.05, 4.69) is 23.2 Å². The largest absolute Gasteiger partial charge is 0.492 e. The third-order valence-corrected chi connectivity index (χ3v) is 4.33. The molecule has 0 aliphatic carbocycles. The van der Waals surface area contributed by atoms with E-state index in [-0.39, 0.29) is 12.4 Å². The average Bonchev–Trinajstić information content (AvgIpc) is 2.75. The summed E-state index contributed by atoms with van der Waals surface area (Å²) in [6, 6.07) is 28.0. The molecule has 1 aromatic heterocycles. The van der Waals surface area contributed by atoms with Crippen LogP contribution in [0.2, 0.25) is 0 Å². The molecule has 1 heterocycles. The first-order chi connectivity index (χ1) is 13.3. The molecule has 0 aliphatic rings. The van der Waals surface area contributed by atoms with Crippen molar-refractivity contribution in [3.05, 3.63) is 97.3 Å². The van der Waals surface area contributed by atoms with Crippen molar-refractivity contribution < 1.29 is 9.47 Å². The first-order valence-electron chi connectivity index (χ1n) is 8.76. The summed E-state index contributed by atoms with van der Waals surface area (Å²) in [6.45, 7) is 0. The molecular formula is C24H20ClNO2. The Labute approximate surface area is 171 Å². The maximum atomic E-state index is 6.18. The lowest BCUT2D eigenvalue weighted by Crippen LogP contribution is -1.95. The predicted molar refractivity (Wildman–Crippen MR) is 115 cm³/mol. The molecule has 4 aromatic rings. The van der Waals surface area contributed by atoms with Crippen LogP contribution >= 0.6 is 12.4 Å². The number of methoxy groups -OCH3 is 1. The maximum Gasteiger partial charge on any atom is 0.170 e. The summed E-state index contributed by atoms with van der Waals surface area (Å²) in [4.78, 5) is 4.12. The summed E-state index contributed by atoms with van der Waals surface area (Å²) in [7, 11) is 1.67. The van der Waals surface area contributed by atoms with Gasteiger partial charge in [-0.05, 0) is 53.1 Å². The Morgan fingerprint density at radius 3 is 1.96 bits per heavy atom. The van der Waals surface area contributed by atoms with Crippen LogP contribution in [0.5, 0.6) is 17.2 Å². The SMILES string of the molecule is COc1c(Oc2ccccc2)cc(-c2ccncc2)cc1-c1ccccc1.Cl. The van der Waals surface area contributed by atoms with Gasteiger partial charge in [0.25, 0.3) is 0 Å². The molecule has 0 aliphatic heterocycles. The normalized spacial score (nSPS) is 10.0. The molecule has 4 heteroatoms. The second-order valence-corrected chi connectivity index (χ2v) is 6.07. The Balaban J connectivity index is 0.00000225. The van der Waals surface area contributed by atoms with Crippen molar-refractivity contribution in [3.63, 3.8) is 0 Å². The number of para-hydroxylation sites is 1. The summed E-state index contributed by atoms with van der Waals surface area (Å²) < 4.78 is 11.9. The second-order valence-electron chi connectivity index (χ2n) is 6.07. The van der Waals surface area contributed by atoms with Crippen LogP contribution in [0.15, 0.2) is 97.3 Å². The monoisotopic (exact) mass is 389 g/mol. The third-order valence-electron chi connectivity index (χ3n) is 4.33. The lowest BCUT2D eigenvalue weighted by molar-refractivity contribution is 0.380. The molecule has 140 valence electrons. The molecule has 0 atom stereocenters. The maximum absolute atomic E-state index is 6.18. The lowest BCUT2D eigenvalue weighted by atomic mass is 9.98. The zero-order valence-corrected chi connectivity index (χ0v) is 16.2. The van der Waals surface area contributed by atoms with Crippen molar-refractivity contribution in [2.75, 3.05) is 7.11 Å². The number of benzene rings is 3. The number of halogens is 1. The number of rotatable bonds is 5. The van der Waals surface area contributed by atoms with E-state index in [4.69, 9.17) is 9.47 Å². The van der Waals surface area contributed by atoms with E-state index >= 15 is 0 Å². The van der Waals surface area contributed by atoms with Gasteiger partial charge in [0, 0.05) is 18.0 Å². The molecule has 3 aromatic carbocycles. The highest BCUT2D eigenvalue weighted by Gasteiger charge is 2.16. The molecule has 0 bridgehead atoms. The van der Waals surface area contributed by atoms with Crippen LogP contribution < -0.4 is 9.47 Å². The van der Waals surface area contributed by atoms with Gasteiger partial charge in [0.15, 0.2) is 11.5 Å². The van der Waals surface area contributed by atoms with E-state index in [0.717, 1.165) is 28.0 Å². The number of nitrogens with zero attached hydrogens (tertiary/aromatic N) is 1. The van der Waals surface area contributed by atoms with Crippen molar-refractivity contribution in [1.82, 2.24) is 4.98 Å². The molecule has 0 fully saturated rings. The zero-order valence-electron chi connectivity index (χ0n) is 15.4. The minimum atomic E-state index is 0. The van der Waals surface area contributed by atoms with Crippen molar-refractivity contribution >= 4 is 12.4 Å². The summed E-state index contributed by atoms with van der Waals surface area (Å²) in [6.07, 6.45) is 3.58. The Hall–Kier alpha value is -3.30. The summed E-state index contributed by atoms with van der Waals surface area (Å²) >= 11 is 0. The molecule has 28 heavy (non-hydrogen) atoms. The summed E-state index contributed by atoms with van der Waals surface area (Å²) in [5.41, 5.74) is 4.17. The smallest absolute Gasteiger partial charge is 0.170 e. The molecule has 0 unspecified atom stereocenters. The Kier molecular flexibility index (Phi) is 6.30. The van der Waals surface area contributed by atoms with Crippen LogP contribution in [-0.2, 0) is 0 Å². The van der Waals surface area contributed by atoms with Crippen molar-refractivity contribution in [2.24, 2.45) is 0 Å². The predicted octanol–water partition coefficient (Wildman–Crippen LogP) is 6.64. The van der Waals surface area contributed by atoms with Gasteiger partial charge < -0.3 is 9.47 Å². The second kappa shape index (κ2) is 9.07. The fraction of sp³-hybridized carbons (Fsp3) is 0.0417. The Morgan fingerprint density at radius 2 is 1.32 bits per heavy atom. The lowest BCUT2D eigenvalue weighted by Gasteiger charge is -2.17. The van der Waals surface area contributed by atoms with E-state index in [1.54, 1.807) is 19.5 Å². The number of pyridine rings is 1. The number of hydrogen-bond donors (Lipinski definition) is 0. The highest BCUT2D eigenvalue weighted by atomic mass is 35.5. The first kappa shape index (κ1) is 19.5. The van der Waals surface area contributed by atoms with Crippen LogP contribution in [-0.4, -0.2) is 12.1 Å². The van der Waals surface area contributed by atoms with E-state index in [1.165, 1.54) is 0 Å². The molecule has 4 rings (SSSR count). The topological polar surface area (TPSA) is 31.4 Å². The highest BCUT2D eigenvalue weighted by molar-refractivity contribution is 5.85. The van der Waals surface area contributed by atoms with Gasteiger partial charge in [0.05, 0.1) is 7.11 Å². The Morgan fingerprint density at radius 1 is 0.679 bits per heavy atom. The molecule has 0 saturated carbocycles. The van der Waals surface area contributed by atoms with Gasteiger partial charge in [0.2, 0.25) is 0 Å². The number of aromatic nitrogens is 1. The van der Waals surface area contributed by atoms with E-state index < -0.39 is 0 Å². The highest BCUT2D eigenvalue weighted by Crippen LogP contribution is 2.43. The van der Waals surface area contributed by atoms with Gasteiger partial charge in [-0.15, -0.1) is 12.4 Å². The third kappa shape index (κ3) is 4.16. The van der Waals surface area contributed by atoms with Crippen molar-refractivity contribution in [3.8, 4) is 39.5 Å². The summed E-state index contributed by atoms with van der Waals surface area (Å²) in [5, 5.41) is 0. The molecule has 0 saturated heterocycles. The number of hydrogen-bond acceptors (Lipinski definition) is 3. The minimum absolute atomic E-state index is 0. The first-order valence-corrected chi connectivity index (χ1v) is 8.76. The van der Waals surface area contributed by atoms with Gasteiger partial charge in [-0.25, -0.2) is 0 Å². The van der Waals surface area contributed by atoms with Crippen molar-refractivity contribution in [2.45, 2.75) is 0 Å². The summed E-state index contributed by atoms with van der Waals surface area (Å²) in [5.74, 6) is 2.15. The van der Waals surface area contributed by atoms with Gasteiger partial charge >= 0.3 is 0 Å². The minimum Gasteiger partial charge on any atom is -0.492 e. The quantitative estimate of drug-likeness (QED) is 0.383. The molecular weight excluding hydrogens is 370 g/mol. The fourth-order valence-electron chi connectivity index (χ4n) is 3.05. The van der Waals surface area contributed by atoms with E-state index in [9.17, 15) is 0 Å². The zero-order chi connectivity index (χ0) is 18.5. The van der Waals surface area contributed by atoms with Gasteiger partial charge in [-0.2, -0.15) is 0 Å². The standard InChI is InChI=1S/C24H19NO2.ClH/c1-26-24-22(19-8-4-2-5-9-19)16-20(18-12-14-25-15-13-18)17-23(24)27-21-10-6-3-7-11-21;/h2-17H,1H3;1H. The van der Waals surface area contributed by atoms with E-state index in [0.29, 0.717) is 11.5 Å². The molecule has 0 amide bonds. The molecule has 0 radical (unpaired) electrons. The van der Waals surface area contributed by atoms with E-state index in [1.807, 2.05) is 66.7 Å². The van der Waals surface area contributed by atoms with Crippen molar-refractivity contribution in [1.29, 1.82) is 0 Å². The fourth-order valence-corrected chi connectivity index (χ4v) is 3.05. The molecule has 3 nitrogen and oxygen atoms in total. The van der Waals surface area contributed by atoms with Crippen LogP contribution in [0.1, 0.15) is 0 Å². The van der Waals surface area contributed by atoms with Crippen LogP contribution in [0, 0.1) is 0 Å². The average molecular weight is 390 g/mol. The number of ether oxygens (including phenoxy) is 2. The van der Waals surface area contributed by atoms with Crippen LogP contribution in [0.3, 0.4) is 0 Å². The molecule has 0 N–H and O–H groups in total. The van der Waals surface area contributed by atoms with Crippen LogP contribution in [0.4, 0.5) is 0 Å². The molecule has 0 spiro atoms.